The predicted molar refractivity (Wildman–Crippen MR) is 86.7 cm³/mol. The second kappa shape index (κ2) is 7.12. The van der Waals surface area contributed by atoms with Gasteiger partial charge in [-0.2, -0.15) is 8.78 Å². The zero-order chi connectivity index (χ0) is 17.8. The third-order valence-corrected chi connectivity index (χ3v) is 3.35. The van der Waals surface area contributed by atoms with Crippen LogP contribution in [-0.4, -0.2) is 25.6 Å². The van der Waals surface area contributed by atoms with E-state index >= 15 is 0 Å². The molecule has 0 radical (unpaired) electrons. The first-order valence-corrected chi connectivity index (χ1v) is 7.27. The van der Waals surface area contributed by atoms with E-state index in [0.29, 0.717) is 11.1 Å². The molecular formula is C18H13F2NO4. The maximum atomic E-state index is 12.4. The lowest BCUT2D eigenvalue weighted by molar-refractivity contribution is -0.129. The summed E-state index contributed by atoms with van der Waals surface area (Å²) in [7, 11) is 1.33. The number of benzene rings is 2. The van der Waals surface area contributed by atoms with E-state index in [1.54, 1.807) is 24.3 Å². The Morgan fingerprint density at radius 1 is 1.12 bits per heavy atom. The summed E-state index contributed by atoms with van der Waals surface area (Å²) in [6.07, 6.45) is 1.48. The molecule has 25 heavy (non-hydrogen) atoms. The van der Waals surface area contributed by atoms with E-state index in [1.807, 2.05) is 6.07 Å². The minimum absolute atomic E-state index is 0.0953. The normalized spacial score (nSPS) is 15.3. The molecule has 3 rings (SSSR count). The van der Waals surface area contributed by atoms with Crippen molar-refractivity contribution in [3.05, 3.63) is 65.4 Å². The van der Waals surface area contributed by atoms with Crippen LogP contribution in [0.3, 0.4) is 0 Å². The van der Waals surface area contributed by atoms with Crippen LogP contribution in [0, 0.1) is 0 Å². The molecule has 7 heteroatoms. The Morgan fingerprint density at radius 2 is 1.88 bits per heavy atom. The summed E-state index contributed by atoms with van der Waals surface area (Å²) in [4.78, 5) is 16.1. The summed E-state index contributed by atoms with van der Waals surface area (Å²) >= 11 is 0. The molecule has 0 spiro atoms. The zero-order valence-corrected chi connectivity index (χ0v) is 13.1. The third-order valence-electron chi connectivity index (χ3n) is 3.35. The van der Waals surface area contributed by atoms with Crippen molar-refractivity contribution in [3.63, 3.8) is 0 Å². The molecule has 0 atom stereocenters. The van der Waals surface area contributed by atoms with Gasteiger partial charge in [-0.05, 0) is 35.9 Å². The average molecular weight is 345 g/mol. The highest BCUT2D eigenvalue weighted by Gasteiger charge is 2.24. The molecular weight excluding hydrogens is 332 g/mol. The van der Waals surface area contributed by atoms with Gasteiger partial charge in [0.1, 0.15) is 0 Å². The second-order valence-corrected chi connectivity index (χ2v) is 4.99. The third kappa shape index (κ3) is 3.82. The number of hydrogen-bond acceptors (Lipinski definition) is 5. The average Bonchev–Trinajstić information content (AvgIpc) is 2.97. The van der Waals surface area contributed by atoms with Gasteiger partial charge in [0.05, 0.1) is 7.11 Å². The monoisotopic (exact) mass is 345 g/mol. The van der Waals surface area contributed by atoms with E-state index < -0.39 is 12.6 Å². The highest BCUT2D eigenvalue weighted by molar-refractivity contribution is 6.12. The highest BCUT2D eigenvalue weighted by atomic mass is 19.3. The van der Waals surface area contributed by atoms with E-state index in [-0.39, 0.29) is 23.1 Å². The number of esters is 1. The Labute approximate surface area is 142 Å². The fourth-order valence-electron chi connectivity index (χ4n) is 2.24. The maximum Gasteiger partial charge on any atom is 0.387 e. The van der Waals surface area contributed by atoms with Crippen molar-refractivity contribution in [1.82, 2.24) is 0 Å². The van der Waals surface area contributed by atoms with Gasteiger partial charge in [-0.1, -0.05) is 24.3 Å². The number of rotatable bonds is 5. The van der Waals surface area contributed by atoms with Crippen molar-refractivity contribution in [2.24, 2.45) is 4.99 Å². The summed E-state index contributed by atoms with van der Waals surface area (Å²) < 4.78 is 39.2. The molecule has 0 N–H and O–H groups in total. The van der Waals surface area contributed by atoms with E-state index in [2.05, 4.69) is 9.73 Å². The van der Waals surface area contributed by atoms with Gasteiger partial charge in [0.25, 0.3) is 0 Å². The molecule has 1 heterocycles. The molecule has 2 aromatic rings. The van der Waals surface area contributed by atoms with Crippen LogP contribution in [0.2, 0.25) is 0 Å². The molecule has 1 aliphatic rings. The molecule has 0 saturated carbocycles. The van der Waals surface area contributed by atoms with Crippen molar-refractivity contribution in [2.75, 3.05) is 7.11 Å². The van der Waals surface area contributed by atoms with E-state index in [9.17, 15) is 13.6 Å². The SMILES string of the molecule is COc1cc(C=C2N=C(c3ccccc3)OC2=O)ccc1OC(F)F. The van der Waals surface area contributed by atoms with Gasteiger partial charge in [-0.25, -0.2) is 9.79 Å². The molecule has 0 aromatic heterocycles. The lowest BCUT2D eigenvalue weighted by Crippen LogP contribution is -2.05. The standard InChI is InChI=1S/C18H13F2NO4/c1-23-15-10-11(7-8-14(15)24-18(19)20)9-13-17(22)25-16(21-13)12-5-3-2-4-6-12/h2-10,18H,1H3. The largest absolute Gasteiger partial charge is 0.493 e. The van der Waals surface area contributed by atoms with E-state index in [4.69, 9.17) is 9.47 Å². The first kappa shape index (κ1) is 16.6. The van der Waals surface area contributed by atoms with Crippen LogP contribution in [-0.2, 0) is 9.53 Å². The minimum atomic E-state index is -2.96. The maximum absolute atomic E-state index is 12.4. The molecule has 2 aromatic carbocycles. The number of alkyl halides is 2. The Balaban J connectivity index is 1.89. The van der Waals surface area contributed by atoms with Crippen molar-refractivity contribution in [2.45, 2.75) is 6.61 Å². The zero-order valence-electron chi connectivity index (χ0n) is 13.1. The van der Waals surface area contributed by atoms with Crippen LogP contribution < -0.4 is 9.47 Å². The van der Waals surface area contributed by atoms with Crippen LogP contribution in [0.4, 0.5) is 8.78 Å². The van der Waals surface area contributed by atoms with E-state index in [0.717, 1.165) is 0 Å². The molecule has 0 fully saturated rings. The van der Waals surface area contributed by atoms with Gasteiger partial charge in [0, 0.05) is 5.56 Å². The first-order valence-electron chi connectivity index (χ1n) is 7.27. The van der Waals surface area contributed by atoms with Gasteiger partial charge in [0.15, 0.2) is 17.2 Å². The Bertz CT molecular complexity index is 847. The number of ether oxygens (including phenoxy) is 3. The lowest BCUT2D eigenvalue weighted by atomic mass is 10.1. The van der Waals surface area contributed by atoms with Gasteiger partial charge in [0.2, 0.25) is 5.90 Å². The number of cyclic esters (lactones) is 1. The quantitative estimate of drug-likeness (QED) is 0.613. The molecule has 0 amide bonds. The van der Waals surface area contributed by atoms with Crippen LogP contribution in [0.5, 0.6) is 11.5 Å². The van der Waals surface area contributed by atoms with Crippen LogP contribution in [0.25, 0.3) is 6.08 Å². The molecule has 128 valence electrons. The van der Waals surface area contributed by atoms with Crippen molar-refractivity contribution < 1.29 is 27.8 Å². The smallest absolute Gasteiger partial charge is 0.387 e. The number of carbonyl (C=O) groups excluding carboxylic acids is 1. The van der Waals surface area contributed by atoms with Crippen LogP contribution >= 0.6 is 0 Å². The van der Waals surface area contributed by atoms with Crippen LogP contribution in [0.15, 0.2) is 59.2 Å². The summed E-state index contributed by atoms with van der Waals surface area (Å²) in [5.41, 5.74) is 1.31. The van der Waals surface area contributed by atoms with Gasteiger partial charge in [-0.3, -0.25) is 0 Å². The Hall–Kier alpha value is -3.22. The Kier molecular flexibility index (Phi) is 4.74. The summed E-state index contributed by atoms with van der Waals surface area (Å²) in [6.45, 7) is -2.96. The number of aliphatic imine (C=N–C) groups is 1. The molecule has 0 unspecified atom stereocenters. The topological polar surface area (TPSA) is 57.1 Å². The molecule has 5 nitrogen and oxygen atoms in total. The van der Waals surface area contributed by atoms with Crippen molar-refractivity contribution >= 4 is 17.9 Å². The molecule has 1 aliphatic heterocycles. The summed E-state index contributed by atoms with van der Waals surface area (Å²) in [5, 5.41) is 0. The van der Waals surface area contributed by atoms with Crippen molar-refractivity contribution in [3.8, 4) is 11.5 Å². The number of hydrogen-bond donors (Lipinski definition) is 0. The second-order valence-electron chi connectivity index (χ2n) is 4.99. The number of halogens is 2. The highest BCUT2D eigenvalue weighted by Crippen LogP contribution is 2.30. The number of carbonyl (C=O) groups is 1. The van der Waals surface area contributed by atoms with Gasteiger partial charge < -0.3 is 14.2 Å². The van der Waals surface area contributed by atoms with Crippen molar-refractivity contribution in [1.29, 1.82) is 0 Å². The van der Waals surface area contributed by atoms with Gasteiger partial charge >= 0.3 is 12.6 Å². The van der Waals surface area contributed by atoms with Gasteiger partial charge in [-0.15, -0.1) is 0 Å². The number of methoxy groups -OCH3 is 1. The first-order chi connectivity index (χ1) is 12.1. The van der Waals surface area contributed by atoms with E-state index in [1.165, 1.54) is 31.4 Å². The summed E-state index contributed by atoms with van der Waals surface area (Å²) in [5.74, 6) is -0.359. The molecule has 0 aliphatic carbocycles. The predicted octanol–water partition coefficient (Wildman–Crippen LogP) is 3.64. The fourth-order valence-corrected chi connectivity index (χ4v) is 2.24. The van der Waals surface area contributed by atoms with Crippen LogP contribution in [0.1, 0.15) is 11.1 Å². The summed E-state index contributed by atoms with van der Waals surface area (Å²) in [6, 6.07) is 13.3. The Morgan fingerprint density at radius 3 is 2.56 bits per heavy atom. The lowest BCUT2D eigenvalue weighted by Gasteiger charge is -2.10. The fraction of sp³-hybridized carbons (Fsp3) is 0.111. The molecule has 0 saturated heterocycles. The minimum Gasteiger partial charge on any atom is -0.493 e. The molecule has 0 bridgehead atoms. The number of nitrogens with zero attached hydrogens (tertiary/aromatic N) is 1.